The summed E-state index contributed by atoms with van der Waals surface area (Å²) in [6, 6.07) is 8.06. The number of amides is 1. The average molecular weight is 436 g/mol. The van der Waals surface area contributed by atoms with Crippen molar-refractivity contribution in [3.8, 4) is 0 Å². The summed E-state index contributed by atoms with van der Waals surface area (Å²) in [4.78, 5) is 44.6. The van der Waals surface area contributed by atoms with Crippen LogP contribution in [0.15, 0.2) is 29.1 Å². The number of carbonyl (C=O) groups is 1. The van der Waals surface area contributed by atoms with Gasteiger partial charge in [0.25, 0.3) is 5.56 Å². The molecule has 0 radical (unpaired) electrons. The van der Waals surface area contributed by atoms with E-state index in [1.165, 1.54) is 11.3 Å². The number of carbonyl (C=O) groups excluding carboxylic acids is 1. The molecule has 4 aromatic rings. The number of fused-ring (bicyclic) bond motifs is 2. The van der Waals surface area contributed by atoms with Crippen LogP contribution in [0.4, 0.5) is 0 Å². The van der Waals surface area contributed by atoms with E-state index < -0.39 is 0 Å². The van der Waals surface area contributed by atoms with Crippen LogP contribution in [0.1, 0.15) is 47.3 Å². The molecule has 5 rings (SSSR count). The summed E-state index contributed by atoms with van der Waals surface area (Å²) in [7, 11) is 0. The van der Waals surface area contributed by atoms with Crippen molar-refractivity contribution < 1.29 is 4.79 Å². The lowest BCUT2D eigenvalue weighted by atomic mass is 9.96. The number of H-pyrrole nitrogens is 2. The minimum Gasteiger partial charge on any atom is -0.343 e. The van der Waals surface area contributed by atoms with Gasteiger partial charge < -0.3 is 14.9 Å². The van der Waals surface area contributed by atoms with Crippen LogP contribution in [0.5, 0.6) is 0 Å². The Morgan fingerprint density at radius 3 is 2.71 bits per heavy atom. The Morgan fingerprint density at radius 2 is 1.94 bits per heavy atom. The molecule has 1 saturated heterocycles. The molecule has 160 valence electrons. The highest BCUT2D eigenvalue weighted by molar-refractivity contribution is 7.18. The topological polar surface area (TPSA) is 94.7 Å². The number of thiophene rings is 1. The van der Waals surface area contributed by atoms with E-state index in [2.05, 4.69) is 15.0 Å². The molecule has 1 aromatic carbocycles. The zero-order chi connectivity index (χ0) is 21.5. The summed E-state index contributed by atoms with van der Waals surface area (Å²) in [5, 5.41) is 0.672. The maximum Gasteiger partial charge on any atom is 0.259 e. The van der Waals surface area contributed by atoms with Crippen LogP contribution in [0.25, 0.3) is 21.3 Å². The van der Waals surface area contributed by atoms with Crippen molar-refractivity contribution in [2.75, 3.05) is 13.1 Å². The number of nitrogens with one attached hydrogen (secondary N) is 2. The first-order valence-electron chi connectivity index (χ1n) is 10.7. The van der Waals surface area contributed by atoms with Gasteiger partial charge in [-0.3, -0.25) is 9.59 Å². The molecule has 4 heterocycles. The molecule has 1 fully saturated rings. The molecule has 1 aliphatic heterocycles. The Hall–Kier alpha value is -3.00. The van der Waals surface area contributed by atoms with Crippen molar-refractivity contribution in [1.29, 1.82) is 0 Å². The standard InChI is InChI=1S/C23H25N5O2S/c1-13-14(2)31-23-20(13)22(30)26-18(27-23)7-8-19(29)28-11-9-15(10-12-28)21-24-16-5-3-4-6-17(16)25-21/h3-6,15H,7-12H2,1-2H3,(H,24,25)(H,26,27,30). The van der Waals surface area contributed by atoms with Gasteiger partial charge in [0.2, 0.25) is 5.91 Å². The third kappa shape index (κ3) is 3.76. The van der Waals surface area contributed by atoms with Gasteiger partial charge in [-0.05, 0) is 44.4 Å². The summed E-state index contributed by atoms with van der Waals surface area (Å²) in [5.41, 5.74) is 2.93. The van der Waals surface area contributed by atoms with E-state index in [4.69, 9.17) is 4.98 Å². The van der Waals surface area contributed by atoms with Crippen molar-refractivity contribution in [3.05, 3.63) is 56.7 Å². The summed E-state index contributed by atoms with van der Waals surface area (Å²) >= 11 is 1.53. The third-order valence-corrected chi connectivity index (χ3v) is 7.41. The number of benzene rings is 1. The lowest BCUT2D eigenvalue weighted by Crippen LogP contribution is -2.38. The number of aromatic amines is 2. The maximum absolute atomic E-state index is 12.7. The first-order chi connectivity index (χ1) is 15.0. The lowest BCUT2D eigenvalue weighted by molar-refractivity contribution is -0.132. The molecule has 31 heavy (non-hydrogen) atoms. The summed E-state index contributed by atoms with van der Waals surface area (Å²) in [6.45, 7) is 5.40. The molecule has 1 amide bonds. The van der Waals surface area contributed by atoms with Gasteiger partial charge in [-0.25, -0.2) is 9.97 Å². The summed E-state index contributed by atoms with van der Waals surface area (Å²) in [5.74, 6) is 2.07. The number of likely N-dealkylation sites (tertiary alicyclic amines) is 1. The van der Waals surface area contributed by atoms with E-state index >= 15 is 0 Å². The highest BCUT2D eigenvalue weighted by Crippen LogP contribution is 2.28. The fourth-order valence-corrected chi connectivity index (χ4v) is 5.42. The number of imidazole rings is 1. The number of para-hydroxylation sites is 2. The van der Waals surface area contributed by atoms with Crippen molar-refractivity contribution in [3.63, 3.8) is 0 Å². The van der Waals surface area contributed by atoms with Crippen molar-refractivity contribution >= 4 is 38.5 Å². The quantitative estimate of drug-likeness (QED) is 0.509. The van der Waals surface area contributed by atoms with E-state index in [1.54, 1.807) is 0 Å². The fourth-order valence-electron chi connectivity index (χ4n) is 4.37. The first-order valence-corrected chi connectivity index (χ1v) is 11.5. The van der Waals surface area contributed by atoms with Crippen LogP contribution < -0.4 is 5.56 Å². The van der Waals surface area contributed by atoms with Gasteiger partial charge in [-0.2, -0.15) is 0 Å². The molecule has 8 heteroatoms. The second-order valence-electron chi connectivity index (χ2n) is 8.27. The molecule has 0 spiro atoms. The predicted molar refractivity (Wildman–Crippen MR) is 123 cm³/mol. The van der Waals surface area contributed by atoms with Crippen LogP contribution >= 0.6 is 11.3 Å². The number of piperidine rings is 1. The van der Waals surface area contributed by atoms with E-state index in [1.807, 2.05) is 43.0 Å². The number of hydrogen-bond acceptors (Lipinski definition) is 5. The van der Waals surface area contributed by atoms with E-state index in [9.17, 15) is 9.59 Å². The number of aryl methyl sites for hydroxylation is 3. The van der Waals surface area contributed by atoms with Crippen LogP contribution in [0.3, 0.4) is 0 Å². The normalized spacial score (nSPS) is 15.2. The third-order valence-electron chi connectivity index (χ3n) is 6.31. The Labute approximate surface area is 183 Å². The van der Waals surface area contributed by atoms with Crippen molar-refractivity contribution in [1.82, 2.24) is 24.8 Å². The molecule has 0 atom stereocenters. The fraction of sp³-hybridized carbons (Fsp3) is 0.391. The molecule has 7 nitrogen and oxygen atoms in total. The second kappa shape index (κ2) is 7.92. The highest BCUT2D eigenvalue weighted by atomic mass is 32.1. The van der Waals surface area contributed by atoms with Crippen LogP contribution in [0.2, 0.25) is 0 Å². The zero-order valence-corrected chi connectivity index (χ0v) is 18.5. The molecule has 1 aliphatic rings. The predicted octanol–water partition coefficient (Wildman–Crippen LogP) is 3.82. The molecule has 0 unspecified atom stereocenters. The van der Waals surface area contributed by atoms with Gasteiger partial charge in [0, 0.05) is 36.7 Å². The number of rotatable bonds is 4. The number of nitrogens with zero attached hydrogens (tertiary/aromatic N) is 3. The summed E-state index contributed by atoms with van der Waals surface area (Å²) in [6.07, 6.45) is 2.61. The molecule has 0 saturated carbocycles. The monoisotopic (exact) mass is 435 g/mol. The average Bonchev–Trinajstić information content (AvgIpc) is 3.33. The smallest absolute Gasteiger partial charge is 0.259 e. The second-order valence-corrected chi connectivity index (χ2v) is 9.47. The maximum atomic E-state index is 12.7. The molecule has 3 aromatic heterocycles. The highest BCUT2D eigenvalue weighted by Gasteiger charge is 2.25. The number of hydrogen-bond donors (Lipinski definition) is 2. The van der Waals surface area contributed by atoms with E-state index in [-0.39, 0.29) is 11.5 Å². The van der Waals surface area contributed by atoms with Crippen LogP contribution in [-0.4, -0.2) is 43.8 Å². The Balaban J connectivity index is 1.20. The molecule has 0 aliphatic carbocycles. The van der Waals surface area contributed by atoms with E-state index in [0.717, 1.165) is 58.1 Å². The van der Waals surface area contributed by atoms with Crippen molar-refractivity contribution in [2.24, 2.45) is 0 Å². The Morgan fingerprint density at radius 1 is 1.16 bits per heavy atom. The van der Waals surface area contributed by atoms with Gasteiger partial charge in [0.15, 0.2) is 0 Å². The van der Waals surface area contributed by atoms with Gasteiger partial charge in [-0.15, -0.1) is 11.3 Å². The first kappa shape index (κ1) is 19.9. The van der Waals surface area contributed by atoms with Crippen LogP contribution in [-0.2, 0) is 11.2 Å². The minimum absolute atomic E-state index is 0.110. The van der Waals surface area contributed by atoms with E-state index in [0.29, 0.717) is 30.0 Å². The Bertz CT molecular complexity index is 1290. The largest absolute Gasteiger partial charge is 0.343 e. The number of aromatic nitrogens is 4. The van der Waals surface area contributed by atoms with Gasteiger partial charge in [-0.1, -0.05) is 12.1 Å². The molecular weight excluding hydrogens is 410 g/mol. The minimum atomic E-state index is -0.110. The SMILES string of the molecule is Cc1sc2nc(CCC(=O)N3CCC(c4nc5ccccc5[nH]4)CC3)[nH]c(=O)c2c1C. The van der Waals surface area contributed by atoms with Gasteiger partial charge in [0.05, 0.1) is 16.4 Å². The van der Waals surface area contributed by atoms with Crippen LogP contribution in [0, 0.1) is 13.8 Å². The molecule has 2 N–H and O–H groups in total. The summed E-state index contributed by atoms with van der Waals surface area (Å²) < 4.78 is 0. The molecular formula is C23H25N5O2S. The van der Waals surface area contributed by atoms with Gasteiger partial charge >= 0.3 is 0 Å². The van der Waals surface area contributed by atoms with Gasteiger partial charge in [0.1, 0.15) is 16.5 Å². The Kier molecular flexibility index (Phi) is 5.09. The van der Waals surface area contributed by atoms with Crippen molar-refractivity contribution in [2.45, 2.75) is 45.4 Å². The zero-order valence-electron chi connectivity index (χ0n) is 17.7. The lowest BCUT2D eigenvalue weighted by Gasteiger charge is -2.31. The molecule has 0 bridgehead atoms.